The van der Waals surface area contributed by atoms with E-state index in [2.05, 4.69) is 10.0 Å². The van der Waals surface area contributed by atoms with Crippen LogP contribution in [0.15, 0.2) is 18.2 Å². The van der Waals surface area contributed by atoms with Gasteiger partial charge in [0.25, 0.3) is 10.2 Å². The third kappa shape index (κ3) is 5.62. The van der Waals surface area contributed by atoms with E-state index in [-0.39, 0.29) is 29.9 Å². The minimum absolute atomic E-state index is 0. The molecule has 0 radical (unpaired) electrons. The van der Waals surface area contributed by atoms with Crippen molar-refractivity contribution in [3.8, 4) is 0 Å². The zero-order valence-electron chi connectivity index (χ0n) is 11.6. The number of nitrogens with one attached hydrogen (secondary N) is 2. The molecule has 0 unspecified atom stereocenters. The number of hydrogen-bond acceptors (Lipinski definition) is 4. The molecule has 126 valence electrons. The van der Waals surface area contributed by atoms with Gasteiger partial charge in [0.2, 0.25) is 0 Å². The van der Waals surface area contributed by atoms with Crippen LogP contribution in [0.25, 0.3) is 0 Å². The molecule has 22 heavy (non-hydrogen) atoms. The van der Waals surface area contributed by atoms with Gasteiger partial charge in [0.15, 0.2) is 0 Å². The molecular weight excluding hydrogens is 356 g/mol. The predicted octanol–water partition coefficient (Wildman–Crippen LogP) is 0.971. The minimum Gasteiger partial charge on any atom is -0.372 e. The maximum Gasteiger partial charge on any atom is 0.274 e. The quantitative estimate of drug-likeness (QED) is 0.732. The first kappa shape index (κ1) is 19.6. The molecule has 6 nitrogen and oxygen atoms in total. The Bertz CT molecular complexity index is 603. The van der Waals surface area contributed by atoms with Crippen LogP contribution >= 0.6 is 24.0 Å². The number of benzene rings is 1. The molecule has 0 aromatic heterocycles. The lowest BCUT2D eigenvalue weighted by Crippen LogP contribution is -2.39. The van der Waals surface area contributed by atoms with Crippen molar-refractivity contribution in [1.82, 2.24) is 10.0 Å². The topological polar surface area (TPSA) is 93.5 Å². The molecule has 1 aromatic rings. The maximum atomic E-state index is 13.3. The van der Waals surface area contributed by atoms with E-state index in [0.29, 0.717) is 25.3 Å². The lowest BCUT2D eigenvalue weighted by atomic mass is 9.95. The van der Waals surface area contributed by atoms with Crippen LogP contribution in [0, 0.1) is 11.7 Å². The lowest BCUT2D eigenvalue weighted by molar-refractivity contribution is 0.0322. The summed E-state index contributed by atoms with van der Waals surface area (Å²) in [4.78, 5) is 0. The minimum atomic E-state index is -3.78. The molecule has 0 aliphatic carbocycles. The number of hydrogen-bond donors (Lipinski definition) is 3. The second-order valence-corrected chi connectivity index (χ2v) is 6.61. The fourth-order valence-corrected chi connectivity index (χ4v) is 2.88. The van der Waals surface area contributed by atoms with Crippen molar-refractivity contribution in [2.75, 3.05) is 26.2 Å². The van der Waals surface area contributed by atoms with E-state index < -0.39 is 22.1 Å². The fourth-order valence-electron chi connectivity index (χ4n) is 2.25. The molecule has 1 fully saturated rings. The molecule has 1 aliphatic rings. The van der Waals surface area contributed by atoms with Crippen molar-refractivity contribution < 1.29 is 17.5 Å². The van der Waals surface area contributed by atoms with Crippen LogP contribution in [0.5, 0.6) is 0 Å². The van der Waals surface area contributed by atoms with Crippen molar-refractivity contribution in [3.05, 3.63) is 34.6 Å². The molecule has 4 N–H and O–H groups in total. The zero-order valence-corrected chi connectivity index (χ0v) is 14.0. The molecule has 0 amide bonds. The molecule has 1 heterocycles. The van der Waals surface area contributed by atoms with Crippen LogP contribution in [0.4, 0.5) is 4.39 Å². The maximum absolute atomic E-state index is 13.3. The van der Waals surface area contributed by atoms with Gasteiger partial charge in [0, 0.05) is 25.6 Å². The van der Waals surface area contributed by atoms with Crippen LogP contribution in [0.1, 0.15) is 11.7 Å². The van der Waals surface area contributed by atoms with Crippen LogP contribution < -0.4 is 15.2 Å². The van der Waals surface area contributed by atoms with Gasteiger partial charge in [-0.3, -0.25) is 0 Å². The first-order chi connectivity index (χ1) is 9.87. The van der Waals surface area contributed by atoms with E-state index >= 15 is 0 Å². The Labute approximate surface area is 140 Å². The summed E-state index contributed by atoms with van der Waals surface area (Å²) in [6, 6.07) is 4.35. The molecule has 2 rings (SSSR count). The normalized spacial score (nSPS) is 22.7. The van der Waals surface area contributed by atoms with Crippen molar-refractivity contribution in [1.29, 1.82) is 0 Å². The van der Waals surface area contributed by atoms with Crippen molar-refractivity contribution in [3.63, 3.8) is 0 Å². The number of halogens is 3. The smallest absolute Gasteiger partial charge is 0.274 e. The lowest BCUT2D eigenvalue weighted by Gasteiger charge is -2.25. The molecule has 0 bridgehead atoms. The van der Waals surface area contributed by atoms with E-state index in [1.807, 2.05) is 0 Å². The van der Waals surface area contributed by atoms with E-state index in [0.717, 1.165) is 0 Å². The average molecular weight is 374 g/mol. The Hall–Kier alpha value is -0.480. The number of ether oxygens (including phenoxy) is 1. The van der Waals surface area contributed by atoms with Gasteiger partial charge in [-0.2, -0.15) is 8.42 Å². The Morgan fingerprint density at radius 2 is 2.23 bits per heavy atom. The summed E-state index contributed by atoms with van der Waals surface area (Å²) in [7, 11) is -3.78. The summed E-state index contributed by atoms with van der Waals surface area (Å²) in [5.41, 5.74) is 0.700. The van der Waals surface area contributed by atoms with Crippen LogP contribution in [-0.2, 0) is 14.9 Å². The van der Waals surface area contributed by atoms with Gasteiger partial charge in [0.1, 0.15) is 5.82 Å². The Balaban J connectivity index is 0.00000242. The molecule has 1 aliphatic heterocycles. The van der Waals surface area contributed by atoms with Crippen LogP contribution in [-0.4, -0.2) is 34.7 Å². The van der Waals surface area contributed by atoms with Crippen molar-refractivity contribution in [2.45, 2.75) is 6.10 Å². The van der Waals surface area contributed by atoms with Gasteiger partial charge < -0.3 is 10.1 Å². The molecule has 2 atom stereocenters. The average Bonchev–Trinajstić information content (AvgIpc) is 2.64. The van der Waals surface area contributed by atoms with Crippen LogP contribution in [0.2, 0.25) is 5.02 Å². The Kier molecular flexibility index (Phi) is 7.47. The third-order valence-corrected chi connectivity index (χ3v) is 4.09. The summed E-state index contributed by atoms with van der Waals surface area (Å²) < 4.78 is 43.3. The van der Waals surface area contributed by atoms with Gasteiger partial charge in [-0.25, -0.2) is 14.3 Å². The summed E-state index contributed by atoms with van der Waals surface area (Å²) in [5.74, 6) is -0.696. The van der Waals surface area contributed by atoms with E-state index in [9.17, 15) is 12.8 Å². The fraction of sp³-hybridized carbons (Fsp3) is 0.500. The zero-order chi connectivity index (χ0) is 15.5. The first-order valence-corrected chi connectivity index (χ1v) is 8.34. The number of nitrogens with two attached hydrogens (primary N) is 1. The number of rotatable bonds is 4. The molecule has 0 saturated carbocycles. The highest BCUT2D eigenvalue weighted by Crippen LogP contribution is 2.29. The predicted molar refractivity (Wildman–Crippen MR) is 84.8 cm³/mol. The highest BCUT2D eigenvalue weighted by Gasteiger charge is 2.27. The van der Waals surface area contributed by atoms with E-state index in [1.54, 1.807) is 6.07 Å². The van der Waals surface area contributed by atoms with Gasteiger partial charge >= 0.3 is 0 Å². The van der Waals surface area contributed by atoms with Gasteiger partial charge in [-0.15, -0.1) is 12.4 Å². The summed E-state index contributed by atoms with van der Waals surface area (Å²) in [6.07, 6.45) is -0.396. The molecule has 1 aromatic carbocycles. The van der Waals surface area contributed by atoms with Crippen molar-refractivity contribution >= 4 is 34.2 Å². The van der Waals surface area contributed by atoms with Gasteiger partial charge in [-0.05, 0) is 17.7 Å². The SMILES string of the molecule is Cl.NS(=O)(=O)NC[C@@H]1CNCCO[C@H]1c1ccc(F)c(Cl)c1. The molecule has 10 heteroatoms. The highest BCUT2D eigenvalue weighted by atomic mass is 35.5. The molecule has 0 spiro atoms. The molecule has 1 saturated heterocycles. The summed E-state index contributed by atoms with van der Waals surface area (Å²) >= 11 is 5.79. The highest BCUT2D eigenvalue weighted by molar-refractivity contribution is 7.87. The second-order valence-electron chi connectivity index (χ2n) is 4.82. The largest absolute Gasteiger partial charge is 0.372 e. The Morgan fingerprint density at radius 1 is 1.50 bits per heavy atom. The Morgan fingerprint density at radius 3 is 2.86 bits per heavy atom. The summed E-state index contributed by atoms with van der Waals surface area (Å²) in [5, 5.41) is 8.11. The monoisotopic (exact) mass is 373 g/mol. The molecular formula is C12H18Cl2FN3O3S. The standard InChI is InChI=1S/C12H17ClFN3O3S.ClH/c13-10-5-8(1-2-11(10)14)12-9(6-16-3-4-20-12)7-17-21(15,18)19;/h1-2,5,9,12,16-17H,3-4,6-7H2,(H2,15,18,19);1H/t9-,12-;/m0./s1. The first-order valence-electron chi connectivity index (χ1n) is 6.41. The third-order valence-electron chi connectivity index (χ3n) is 3.23. The van der Waals surface area contributed by atoms with Crippen LogP contribution in [0.3, 0.4) is 0 Å². The summed E-state index contributed by atoms with van der Waals surface area (Å²) in [6.45, 7) is 1.77. The van der Waals surface area contributed by atoms with Crippen molar-refractivity contribution in [2.24, 2.45) is 11.1 Å². The second kappa shape index (κ2) is 8.39. The van der Waals surface area contributed by atoms with E-state index in [4.69, 9.17) is 21.5 Å². The van der Waals surface area contributed by atoms with Gasteiger partial charge in [0.05, 0.1) is 17.7 Å². The van der Waals surface area contributed by atoms with E-state index in [1.165, 1.54) is 12.1 Å². The van der Waals surface area contributed by atoms with Gasteiger partial charge in [-0.1, -0.05) is 17.7 Å².